The van der Waals surface area contributed by atoms with Crippen molar-refractivity contribution in [2.75, 3.05) is 0 Å². The SMILES string of the molecule is C=Cc1cc2c(cc1C)-c1nccc3c1c(cc1c4cc(C)nc(C)c4ccc31)C2(C)C. The van der Waals surface area contributed by atoms with Crippen molar-refractivity contribution < 1.29 is 0 Å². The summed E-state index contributed by atoms with van der Waals surface area (Å²) in [6, 6.07) is 15.9. The average molecular weight is 415 g/mol. The molecule has 1 aliphatic rings. The number of hydrogen-bond donors (Lipinski definition) is 0. The third kappa shape index (κ3) is 2.35. The molecule has 3 aromatic carbocycles. The highest BCUT2D eigenvalue weighted by molar-refractivity contribution is 6.21. The van der Waals surface area contributed by atoms with Crippen molar-refractivity contribution in [1.29, 1.82) is 0 Å². The normalized spacial score (nSPS) is 14.2. The van der Waals surface area contributed by atoms with Gasteiger partial charge in [-0.1, -0.05) is 38.6 Å². The molecule has 0 N–H and O–H groups in total. The van der Waals surface area contributed by atoms with Crippen LogP contribution in [0.1, 0.15) is 47.5 Å². The molecule has 2 aromatic heterocycles. The van der Waals surface area contributed by atoms with Crippen molar-refractivity contribution in [2.24, 2.45) is 0 Å². The van der Waals surface area contributed by atoms with Crippen LogP contribution in [0.3, 0.4) is 0 Å². The number of rotatable bonds is 1. The van der Waals surface area contributed by atoms with Crippen molar-refractivity contribution in [1.82, 2.24) is 9.97 Å². The molecule has 2 heteroatoms. The lowest BCUT2D eigenvalue weighted by Gasteiger charge is -2.35. The quantitative estimate of drug-likeness (QED) is 0.261. The van der Waals surface area contributed by atoms with E-state index in [-0.39, 0.29) is 5.41 Å². The van der Waals surface area contributed by atoms with Crippen molar-refractivity contribution in [3.8, 4) is 11.3 Å². The van der Waals surface area contributed by atoms with Gasteiger partial charge in [-0.2, -0.15) is 0 Å². The Bertz CT molecular complexity index is 1640. The summed E-state index contributed by atoms with van der Waals surface area (Å²) in [5.74, 6) is 0. The molecule has 6 rings (SSSR count). The Labute approximate surface area is 188 Å². The fraction of sp³-hybridized carbons (Fsp3) is 0.200. The zero-order valence-corrected chi connectivity index (χ0v) is 19.3. The number of aromatic nitrogens is 2. The maximum absolute atomic E-state index is 4.90. The second-order valence-electron chi connectivity index (χ2n) is 9.69. The van der Waals surface area contributed by atoms with Gasteiger partial charge in [0.05, 0.1) is 5.69 Å². The first-order valence-electron chi connectivity index (χ1n) is 11.2. The van der Waals surface area contributed by atoms with E-state index in [4.69, 9.17) is 9.97 Å². The highest BCUT2D eigenvalue weighted by Crippen LogP contribution is 2.50. The van der Waals surface area contributed by atoms with E-state index in [2.05, 4.69) is 83.7 Å². The highest BCUT2D eigenvalue weighted by Gasteiger charge is 2.35. The molecule has 0 saturated carbocycles. The third-order valence-electron chi connectivity index (χ3n) is 7.40. The Kier molecular flexibility index (Phi) is 3.75. The molecule has 5 aromatic rings. The van der Waals surface area contributed by atoms with Gasteiger partial charge in [-0.05, 0) is 94.9 Å². The van der Waals surface area contributed by atoms with Crippen molar-refractivity contribution in [2.45, 2.75) is 40.0 Å². The van der Waals surface area contributed by atoms with Crippen molar-refractivity contribution in [3.05, 3.63) is 88.9 Å². The molecule has 0 bridgehead atoms. The van der Waals surface area contributed by atoms with Gasteiger partial charge >= 0.3 is 0 Å². The monoisotopic (exact) mass is 414 g/mol. The molecule has 0 amide bonds. The molecule has 0 saturated heterocycles. The fourth-order valence-corrected chi connectivity index (χ4v) is 5.74. The van der Waals surface area contributed by atoms with Crippen LogP contribution in [0.25, 0.3) is 49.7 Å². The summed E-state index contributed by atoms with van der Waals surface area (Å²) >= 11 is 0. The average Bonchev–Trinajstić information content (AvgIpc) is 2.76. The summed E-state index contributed by atoms with van der Waals surface area (Å²) < 4.78 is 0. The van der Waals surface area contributed by atoms with Gasteiger partial charge in [0.2, 0.25) is 0 Å². The predicted molar refractivity (Wildman–Crippen MR) is 136 cm³/mol. The van der Waals surface area contributed by atoms with Crippen molar-refractivity contribution in [3.63, 3.8) is 0 Å². The number of aryl methyl sites for hydroxylation is 3. The maximum atomic E-state index is 4.90. The lowest BCUT2D eigenvalue weighted by molar-refractivity contribution is 0.644. The summed E-state index contributed by atoms with van der Waals surface area (Å²) in [7, 11) is 0. The molecule has 156 valence electrons. The van der Waals surface area contributed by atoms with E-state index >= 15 is 0 Å². The van der Waals surface area contributed by atoms with Crippen LogP contribution in [0.5, 0.6) is 0 Å². The van der Waals surface area contributed by atoms with E-state index in [1.807, 2.05) is 12.3 Å². The number of hydrogen-bond acceptors (Lipinski definition) is 2. The highest BCUT2D eigenvalue weighted by atomic mass is 14.7. The first kappa shape index (κ1) is 19.2. The maximum Gasteiger partial charge on any atom is 0.0786 e. The Morgan fingerprint density at radius 2 is 1.56 bits per heavy atom. The van der Waals surface area contributed by atoms with Gasteiger partial charge in [0, 0.05) is 39.3 Å². The van der Waals surface area contributed by atoms with E-state index in [9.17, 15) is 0 Å². The molecule has 0 spiro atoms. The minimum absolute atomic E-state index is 0.150. The van der Waals surface area contributed by atoms with Crippen molar-refractivity contribution >= 4 is 38.4 Å². The lowest BCUT2D eigenvalue weighted by Crippen LogP contribution is -2.24. The lowest BCUT2D eigenvalue weighted by atomic mass is 9.68. The zero-order valence-electron chi connectivity index (χ0n) is 19.3. The molecular weight excluding hydrogens is 388 g/mol. The summed E-state index contributed by atoms with van der Waals surface area (Å²) in [5, 5.41) is 7.64. The Morgan fingerprint density at radius 1 is 0.812 bits per heavy atom. The van der Waals surface area contributed by atoms with Gasteiger partial charge in [0.15, 0.2) is 0 Å². The summed E-state index contributed by atoms with van der Waals surface area (Å²) in [4.78, 5) is 9.61. The van der Waals surface area contributed by atoms with Gasteiger partial charge in [0.1, 0.15) is 0 Å². The molecule has 1 aliphatic carbocycles. The van der Waals surface area contributed by atoms with Gasteiger partial charge in [0.25, 0.3) is 0 Å². The zero-order chi connectivity index (χ0) is 22.4. The molecule has 2 nitrogen and oxygen atoms in total. The molecule has 0 atom stereocenters. The second kappa shape index (κ2) is 6.26. The van der Waals surface area contributed by atoms with Crippen LogP contribution >= 0.6 is 0 Å². The number of nitrogens with zero attached hydrogens (tertiary/aromatic N) is 2. The molecule has 0 aliphatic heterocycles. The molecule has 32 heavy (non-hydrogen) atoms. The molecule has 0 unspecified atom stereocenters. The predicted octanol–water partition coefficient (Wildman–Crippen LogP) is 7.81. The fourth-order valence-electron chi connectivity index (χ4n) is 5.74. The summed E-state index contributed by atoms with van der Waals surface area (Å²) in [6.45, 7) is 15.1. The van der Waals surface area contributed by atoms with Crippen LogP contribution in [0.15, 0.2) is 55.2 Å². The first-order chi connectivity index (χ1) is 15.3. The van der Waals surface area contributed by atoms with E-state index in [0.717, 1.165) is 17.1 Å². The Morgan fingerprint density at radius 3 is 2.34 bits per heavy atom. The smallest absolute Gasteiger partial charge is 0.0786 e. The first-order valence-corrected chi connectivity index (χ1v) is 11.2. The minimum atomic E-state index is -0.150. The largest absolute Gasteiger partial charge is 0.258 e. The van der Waals surface area contributed by atoms with Gasteiger partial charge < -0.3 is 0 Å². The van der Waals surface area contributed by atoms with Crippen LogP contribution in [0.4, 0.5) is 0 Å². The standard InChI is InChI=1S/C30H26N2/c1-7-19-14-26-25(12-16(19)2)29-28-22(10-11-31-29)21-9-8-20-18(4)32-17(3)13-23(20)24(21)15-27(28)30(26,5)6/h7-15H,1H2,2-6H3. The Balaban J connectivity index is 1.85. The van der Waals surface area contributed by atoms with E-state index < -0.39 is 0 Å². The summed E-state index contributed by atoms with van der Waals surface area (Å²) in [6.07, 6.45) is 3.93. The van der Waals surface area contributed by atoms with Crippen LogP contribution in [0, 0.1) is 20.8 Å². The van der Waals surface area contributed by atoms with E-state index in [0.29, 0.717) is 0 Å². The molecule has 2 heterocycles. The number of fused-ring (bicyclic) bond motifs is 6. The Hall–Kier alpha value is -3.52. The number of benzene rings is 3. The van der Waals surface area contributed by atoms with Crippen LogP contribution in [-0.2, 0) is 5.41 Å². The number of pyridine rings is 2. The third-order valence-corrected chi connectivity index (χ3v) is 7.40. The molecular formula is C30H26N2. The van der Waals surface area contributed by atoms with Crippen LogP contribution < -0.4 is 0 Å². The molecule has 0 fully saturated rings. The topological polar surface area (TPSA) is 25.8 Å². The minimum Gasteiger partial charge on any atom is -0.258 e. The summed E-state index contributed by atoms with van der Waals surface area (Å²) in [5.41, 5.74) is 9.42. The van der Waals surface area contributed by atoms with Gasteiger partial charge in [-0.25, -0.2) is 0 Å². The second-order valence-corrected chi connectivity index (χ2v) is 9.69. The van der Waals surface area contributed by atoms with Gasteiger partial charge in [-0.3, -0.25) is 9.97 Å². The van der Waals surface area contributed by atoms with Gasteiger partial charge in [-0.15, -0.1) is 0 Å². The van der Waals surface area contributed by atoms with Crippen LogP contribution in [0.2, 0.25) is 0 Å². The molecule has 0 radical (unpaired) electrons. The van der Waals surface area contributed by atoms with Crippen LogP contribution in [-0.4, -0.2) is 9.97 Å². The van der Waals surface area contributed by atoms with E-state index in [1.54, 1.807) is 0 Å². The van der Waals surface area contributed by atoms with E-state index in [1.165, 1.54) is 60.1 Å².